The van der Waals surface area contributed by atoms with Crippen LogP contribution in [0.1, 0.15) is 47.0 Å². The first-order valence-corrected chi connectivity index (χ1v) is 7.10. The molecular formula is C16H24O3. The summed E-state index contributed by atoms with van der Waals surface area (Å²) in [6.45, 7) is 12.6. The maximum atomic E-state index is 12.7. The molecule has 0 spiro atoms. The fraction of sp³-hybridized carbons (Fsp3) is 0.750. The van der Waals surface area contributed by atoms with E-state index in [4.69, 9.17) is 4.74 Å². The maximum absolute atomic E-state index is 12.7. The van der Waals surface area contributed by atoms with Crippen molar-refractivity contribution in [1.82, 2.24) is 0 Å². The van der Waals surface area contributed by atoms with Crippen LogP contribution in [0.2, 0.25) is 0 Å². The van der Waals surface area contributed by atoms with E-state index < -0.39 is 5.41 Å². The first kappa shape index (κ1) is 14.3. The van der Waals surface area contributed by atoms with Crippen LogP contribution >= 0.6 is 0 Å². The minimum absolute atomic E-state index is 0.0573. The summed E-state index contributed by atoms with van der Waals surface area (Å²) in [6.07, 6.45) is 2.06. The standard InChI is InChI=1S/C16H24O3/c1-6-19-13(17)9-16(5)10(2)11-7-15(3,4)8-12(11)14(16)18/h11-12H,2,6-9H2,1,3-5H3/t11-,12-,16-/m1/s1. The van der Waals surface area contributed by atoms with E-state index in [9.17, 15) is 9.59 Å². The quantitative estimate of drug-likeness (QED) is 0.581. The Morgan fingerprint density at radius 3 is 2.42 bits per heavy atom. The molecular weight excluding hydrogens is 240 g/mol. The lowest BCUT2D eigenvalue weighted by molar-refractivity contribution is -0.147. The predicted molar refractivity (Wildman–Crippen MR) is 73.5 cm³/mol. The lowest BCUT2D eigenvalue weighted by atomic mass is 9.75. The third-order valence-electron chi connectivity index (χ3n) is 4.87. The summed E-state index contributed by atoms with van der Waals surface area (Å²) < 4.78 is 5.00. The van der Waals surface area contributed by atoms with E-state index in [0.29, 0.717) is 6.61 Å². The average molecular weight is 264 g/mol. The van der Waals surface area contributed by atoms with Gasteiger partial charge in [0.25, 0.3) is 0 Å². The summed E-state index contributed by atoms with van der Waals surface area (Å²) in [5.41, 5.74) is 0.443. The van der Waals surface area contributed by atoms with Crippen LogP contribution in [0.4, 0.5) is 0 Å². The molecule has 0 aromatic rings. The molecule has 0 aromatic heterocycles. The van der Waals surface area contributed by atoms with E-state index >= 15 is 0 Å². The highest BCUT2D eigenvalue weighted by Crippen LogP contribution is 2.59. The molecule has 0 bridgehead atoms. The lowest BCUT2D eigenvalue weighted by Crippen LogP contribution is -2.31. The van der Waals surface area contributed by atoms with E-state index in [-0.39, 0.29) is 35.4 Å². The van der Waals surface area contributed by atoms with Crippen LogP contribution in [0.5, 0.6) is 0 Å². The van der Waals surface area contributed by atoms with Crippen molar-refractivity contribution in [2.75, 3.05) is 6.61 Å². The first-order valence-electron chi connectivity index (χ1n) is 7.10. The van der Waals surface area contributed by atoms with Gasteiger partial charge in [0.15, 0.2) is 0 Å². The van der Waals surface area contributed by atoms with E-state index in [2.05, 4.69) is 20.4 Å². The third-order valence-corrected chi connectivity index (χ3v) is 4.87. The zero-order valence-corrected chi connectivity index (χ0v) is 12.4. The summed E-state index contributed by atoms with van der Waals surface area (Å²) >= 11 is 0. The highest BCUT2D eigenvalue weighted by Gasteiger charge is 2.58. The number of esters is 1. The molecule has 19 heavy (non-hydrogen) atoms. The molecule has 106 valence electrons. The van der Waals surface area contributed by atoms with Crippen LogP contribution in [0.25, 0.3) is 0 Å². The highest BCUT2D eigenvalue weighted by molar-refractivity contribution is 5.97. The number of carbonyl (C=O) groups excluding carboxylic acids is 2. The van der Waals surface area contributed by atoms with Gasteiger partial charge in [0, 0.05) is 5.92 Å². The van der Waals surface area contributed by atoms with Crippen molar-refractivity contribution < 1.29 is 14.3 Å². The Morgan fingerprint density at radius 1 is 1.32 bits per heavy atom. The van der Waals surface area contributed by atoms with Gasteiger partial charge in [-0.3, -0.25) is 9.59 Å². The largest absolute Gasteiger partial charge is 0.466 e. The van der Waals surface area contributed by atoms with Gasteiger partial charge in [0.2, 0.25) is 0 Å². The first-order chi connectivity index (χ1) is 8.71. The number of hydrogen-bond donors (Lipinski definition) is 0. The van der Waals surface area contributed by atoms with Crippen LogP contribution in [0.15, 0.2) is 12.2 Å². The van der Waals surface area contributed by atoms with Gasteiger partial charge in [0.1, 0.15) is 5.78 Å². The Balaban J connectivity index is 2.20. The number of Topliss-reactive ketones (excluding diaryl/α,β-unsaturated/α-hetero) is 1. The number of hydrogen-bond acceptors (Lipinski definition) is 3. The van der Waals surface area contributed by atoms with Crippen molar-refractivity contribution in [3.63, 3.8) is 0 Å². The molecule has 0 amide bonds. The van der Waals surface area contributed by atoms with Crippen molar-refractivity contribution in [1.29, 1.82) is 0 Å². The maximum Gasteiger partial charge on any atom is 0.307 e. The van der Waals surface area contributed by atoms with Gasteiger partial charge in [-0.25, -0.2) is 0 Å². The van der Waals surface area contributed by atoms with Gasteiger partial charge in [-0.2, -0.15) is 0 Å². The average Bonchev–Trinajstić information content (AvgIpc) is 2.69. The smallest absolute Gasteiger partial charge is 0.307 e. The molecule has 0 radical (unpaired) electrons. The highest BCUT2D eigenvalue weighted by atomic mass is 16.5. The third kappa shape index (κ3) is 2.24. The lowest BCUT2D eigenvalue weighted by Gasteiger charge is -2.27. The molecule has 3 atom stereocenters. The van der Waals surface area contributed by atoms with Crippen LogP contribution in [-0.2, 0) is 14.3 Å². The summed E-state index contributed by atoms with van der Waals surface area (Å²) in [4.78, 5) is 24.4. The monoisotopic (exact) mass is 264 g/mol. The van der Waals surface area contributed by atoms with Crippen molar-refractivity contribution in [3.05, 3.63) is 12.2 Å². The number of carbonyl (C=O) groups is 2. The minimum Gasteiger partial charge on any atom is -0.466 e. The molecule has 2 aliphatic rings. The minimum atomic E-state index is -0.710. The van der Waals surface area contributed by atoms with Crippen LogP contribution in [0.3, 0.4) is 0 Å². The summed E-state index contributed by atoms with van der Waals surface area (Å²) in [7, 11) is 0. The second-order valence-electron chi connectivity index (χ2n) is 6.99. The number of rotatable bonds is 3. The summed E-state index contributed by atoms with van der Waals surface area (Å²) in [6, 6.07) is 0. The molecule has 0 unspecified atom stereocenters. The van der Waals surface area contributed by atoms with Crippen molar-refractivity contribution in [2.24, 2.45) is 22.7 Å². The SMILES string of the molecule is C=C1[C@H]2CC(C)(C)C[C@H]2C(=O)[C@]1(C)CC(=O)OCC. The Hall–Kier alpha value is -1.12. The van der Waals surface area contributed by atoms with Crippen LogP contribution in [-0.4, -0.2) is 18.4 Å². The topological polar surface area (TPSA) is 43.4 Å². The van der Waals surface area contributed by atoms with E-state index in [0.717, 1.165) is 18.4 Å². The number of ketones is 1. The van der Waals surface area contributed by atoms with Gasteiger partial charge in [0.05, 0.1) is 18.4 Å². The second kappa shape index (κ2) is 4.46. The van der Waals surface area contributed by atoms with E-state index in [1.807, 2.05) is 6.92 Å². The molecule has 2 rings (SSSR count). The van der Waals surface area contributed by atoms with Crippen LogP contribution < -0.4 is 0 Å². The Bertz CT molecular complexity index is 407. The van der Waals surface area contributed by atoms with E-state index in [1.54, 1.807) is 6.92 Å². The van der Waals surface area contributed by atoms with E-state index in [1.165, 1.54) is 0 Å². The normalized spacial score (nSPS) is 36.4. The van der Waals surface area contributed by atoms with Crippen molar-refractivity contribution >= 4 is 11.8 Å². The Morgan fingerprint density at radius 2 is 1.89 bits per heavy atom. The molecule has 2 aliphatic carbocycles. The van der Waals surface area contributed by atoms with Crippen molar-refractivity contribution in [2.45, 2.75) is 47.0 Å². The molecule has 2 fully saturated rings. The fourth-order valence-electron chi connectivity index (χ4n) is 3.88. The molecule has 0 saturated heterocycles. The fourth-order valence-corrected chi connectivity index (χ4v) is 3.88. The second-order valence-corrected chi connectivity index (χ2v) is 6.99. The zero-order chi connectivity index (χ0) is 14.4. The molecule has 3 nitrogen and oxygen atoms in total. The van der Waals surface area contributed by atoms with Crippen molar-refractivity contribution in [3.8, 4) is 0 Å². The summed E-state index contributed by atoms with van der Waals surface area (Å²) in [5.74, 6) is 0.212. The van der Waals surface area contributed by atoms with Gasteiger partial charge >= 0.3 is 5.97 Å². The number of fused-ring (bicyclic) bond motifs is 1. The van der Waals surface area contributed by atoms with Crippen LogP contribution in [0, 0.1) is 22.7 Å². The molecule has 2 saturated carbocycles. The van der Waals surface area contributed by atoms with Gasteiger partial charge in [-0.15, -0.1) is 0 Å². The molecule has 0 N–H and O–H groups in total. The van der Waals surface area contributed by atoms with Gasteiger partial charge in [-0.1, -0.05) is 26.0 Å². The molecule has 0 aromatic carbocycles. The summed E-state index contributed by atoms with van der Waals surface area (Å²) in [5, 5.41) is 0. The molecule has 3 heteroatoms. The van der Waals surface area contributed by atoms with Gasteiger partial charge < -0.3 is 4.74 Å². The number of ether oxygens (including phenoxy) is 1. The zero-order valence-electron chi connectivity index (χ0n) is 12.4. The molecule has 0 aliphatic heterocycles. The predicted octanol–water partition coefficient (Wildman–Crippen LogP) is 3.14. The number of allylic oxidation sites excluding steroid dienone is 1. The Labute approximate surface area is 115 Å². The molecule has 0 heterocycles. The Kier molecular flexibility index (Phi) is 3.36. The van der Waals surface area contributed by atoms with Gasteiger partial charge in [-0.05, 0) is 38.0 Å².